The smallest absolute Gasteiger partial charge is 0.275 e. The van der Waals surface area contributed by atoms with Gasteiger partial charge in [0.25, 0.3) is 5.91 Å². The summed E-state index contributed by atoms with van der Waals surface area (Å²) in [5, 5.41) is 3.03. The quantitative estimate of drug-likeness (QED) is 0.645. The summed E-state index contributed by atoms with van der Waals surface area (Å²) in [5.74, 6) is 0.153. The number of benzene rings is 2. The van der Waals surface area contributed by atoms with Crippen molar-refractivity contribution in [2.75, 3.05) is 32.7 Å². The van der Waals surface area contributed by atoms with Crippen molar-refractivity contribution in [3.63, 3.8) is 0 Å². The van der Waals surface area contributed by atoms with Gasteiger partial charge in [-0.3, -0.25) is 4.79 Å². The molecule has 4 nitrogen and oxygen atoms in total. The van der Waals surface area contributed by atoms with Gasteiger partial charge in [-0.1, -0.05) is 60.7 Å². The summed E-state index contributed by atoms with van der Waals surface area (Å²) in [6.45, 7) is 6.71. The van der Waals surface area contributed by atoms with Crippen molar-refractivity contribution in [2.45, 2.75) is 13.1 Å². The average Bonchev–Trinajstić information content (AvgIpc) is 2.63. The van der Waals surface area contributed by atoms with Crippen LogP contribution in [0, 0.1) is 0 Å². The molecule has 126 valence electrons. The molecule has 2 aromatic rings. The van der Waals surface area contributed by atoms with E-state index in [0.29, 0.717) is 13.1 Å². The van der Waals surface area contributed by atoms with Crippen LogP contribution in [0.3, 0.4) is 0 Å². The van der Waals surface area contributed by atoms with Crippen LogP contribution in [0.4, 0.5) is 0 Å². The zero-order chi connectivity index (χ0) is 16.6. The minimum Gasteiger partial charge on any atom is -0.347 e. The van der Waals surface area contributed by atoms with E-state index in [2.05, 4.69) is 35.6 Å². The van der Waals surface area contributed by atoms with Gasteiger partial charge in [-0.2, -0.15) is 0 Å². The molecule has 0 aliphatic carbocycles. The fraction of sp³-hybridized carbons (Fsp3) is 0.350. The summed E-state index contributed by atoms with van der Waals surface area (Å²) in [6, 6.07) is 20.7. The molecule has 4 heteroatoms. The third-order valence-corrected chi connectivity index (χ3v) is 4.70. The molecule has 1 aliphatic heterocycles. The molecule has 0 spiro atoms. The Morgan fingerprint density at radius 1 is 0.792 bits per heavy atom. The first kappa shape index (κ1) is 16.7. The second-order valence-electron chi connectivity index (χ2n) is 6.60. The topological polar surface area (TPSA) is 38.0 Å². The van der Waals surface area contributed by atoms with Gasteiger partial charge < -0.3 is 15.1 Å². The van der Waals surface area contributed by atoms with Gasteiger partial charge in [0, 0.05) is 12.1 Å². The molecule has 1 heterocycles. The molecule has 1 fully saturated rings. The highest BCUT2D eigenvalue weighted by Crippen LogP contribution is 1.96. The van der Waals surface area contributed by atoms with Crippen LogP contribution in [0.25, 0.3) is 0 Å². The molecular formula is C20H27N3O+2. The third kappa shape index (κ3) is 5.18. The Kier molecular flexibility index (Phi) is 5.99. The number of carbonyl (C=O) groups excluding carboxylic acids is 1. The Balaban J connectivity index is 1.36. The van der Waals surface area contributed by atoms with Crippen LogP contribution in [0.15, 0.2) is 60.7 Å². The van der Waals surface area contributed by atoms with Crippen LogP contribution in [-0.2, 0) is 17.9 Å². The standard InChI is InChI=1S/C20H25N3O/c24-20(21-15-18-7-3-1-4-8-18)17-23-13-11-22(12-14-23)16-19-9-5-2-6-10-19/h1-10H,11-17H2,(H,21,24)/p+2. The number of rotatable bonds is 6. The maximum Gasteiger partial charge on any atom is 0.275 e. The van der Waals surface area contributed by atoms with Gasteiger partial charge in [-0.05, 0) is 5.56 Å². The molecule has 3 rings (SSSR count). The van der Waals surface area contributed by atoms with Crippen molar-refractivity contribution in [3.8, 4) is 0 Å². The summed E-state index contributed by atoms with van der Waals surface area (Å²) < 4.78 is 0. The highest BCUT2D eigenvalue weighted by Gasteiger charge is 2.24. The summed E-state index contributed by atoms with van der Waals surface area (Å²) >= 11 is 0. The van der Waals surface area contributed by atoms with Crippen LogP contribution >= 0.6 is 0 Å². The van der Waals surface area contributed by atoms with Crippen molar-refractivity contribution < 1.29 is 14.6 Å². The SMILES string of the molecule is O=C(C[NH+]1CC[NH+](Cc2ccccc2)CC1)NCc1ccccc1. The predicted molar refractivity (Wildman–Crippen MR) is 94.7 cm³/mol. The molecule has 1 aliphatic rings. The lowest BCUT2D eigenvalue weighted by Crippen LogP contribution is -3.28. The van der Waals surface area contributed by atoms with Gasteiger partial charge >= 0.3 is 0 Å². The van der Waals surface area contributed by atoms with E-state index in [9.17, 15) is 4.79 Å². The van der Waals surface area contributed by atoms with E-state index >= 15 is 0 Å². The summed E-state index contributed by atoms with van der Waals surface area (Å²) in [5.41, 5.74) is 2.55. The number of hydrogen-bond acceptors (Lipinski definition) is 1. The lowest BCUT2D eigenvalue weighted by molar-refractivity contribution is -1.02. The molecule has 0 saturated carbocycles. The number of amides is 1. The molecule has 2 aromatic carbocycles. The Morgan fingerprint density at radius 3 is 1.96 bits per heavy atom. The highest BCUT2D eigenvalue weighted by molar-refractivity contribution is 5.76. The first-order valence-electron chi connectivity index (χ1n) is 8.81. The van der Waals surface area contributed by atoms with Gasteiger partial charge in [-0.25, -0.2) is 0 Å². The first-order chi connectivity index (χ1) is 11.8. The van der Waals surface area contributed by atoms with Crippen LogP contribution in [0.1, 0.15) is 11.1 Å². The van der Waals surface area contributed by atoms with Gasteiger partial charge in [0.2, 0.25) is 0 Å². The Hall–Kier alpha value is -2.17. The van der Waals surface area contributed by atoms with Crippen molar-refractivity contribution in [3.05, 3.63) is 71.8 Å². The van der Waals surface area contributed by atoms with E-state index < -0.39 is 0 Å². The second-order valence-corrected chi connectivity index (χ2v) is 6.60. The second kappa shape index (κ2) is 8.62. The number of nitrogens with one attached hydrogen (secondary N) is 3. The van der Waals surface area contributed by atoms with E-state index in [0.717, 1.165) is 38.3 Å². The van der Waals surface area contributed by atoms with Crippen molar-refractivity contribution in [1.29, 1.82) is 0 Å². The molecule has 3 N–H and O–H groups in total. The summed E-state index contributed by atoms with van der Waals surface area (Å²) in [6.07, 6.45) is 0. The molecule has 24 heavy (non-hydrogen) atoms. The van der Waals surface area contributed by atoms with Crippen molar-refractivity contribution >= 4 is 5.91 Å². The van der Waals surface area contributed by atoms with Crippen LogP contribution in [0.2, 0.25) is 0 Å². The van der Waals surface area contributed by atoms with E-state index in [1.54, 1.807) is 4.90 Å². The van der Waals surface area contributed by atoms with E-state index in [1.165, 1.54) is 10.5 Å². The minimum atomic E-state index is 0.153. The minimum absolute atomic E-state index is 0.153. The van der Waals surface area contributed by atoms with Gasteiger partial charge in [0.15, 0.2) is 6.54 Å². The van der Waals surface area contributed by atoms with Crippen molar-refractivity contribution in [1.82, 2.24) is 5.32 Å². The zero-order valence-corrected chi connectivity index (χ0v) is 14.1. The van der Waals surface area contributed by atoms with Crippen LogP contribution in [-0.4, -0.2) is 38.6 Å². The number of carbonyl (C=O) groups is 1. The maximum absolute atomic E-state index is 12.1. The van der Waals surface area contributed by atoms with Gasteiger partial charge in [0.1, 0.15) is 32.7 Å². The maximum atomic E-state index is 12.1. The molecule has 1 amide bonds. The molecule has 0 radical (unpaired) electrons. The number of quaternary nitrogens is 2. The lowest BCUT2D eigenvalue weighted by Gasteiger charge is -2.29. The Labute approximate surface area is 144 Å². The zero-order valence-electron chi connectivity index (χ0n) is 14.1. The normalized spacial score (nSPS) is 20.5. The summed E-state index contributed by atoms with van der Waals surface area (Å²) in [4.78, 5) is 15.1. The molecule has 1 saturated heterocycles. The average molecular weight is 325 g/mol. The van der Waals surface area contributed by atoms with Crippen LogP contribution < -0.4 is 15.1 Å². The van der Waals surface area contributed by atoms with E-state index in [4.69, 9.17) is 0 Å². The molecule has 0 bridgehead atoms. The lowest BCUT2D eigenvalue weighted by atomic mass is 10.2. The Morgan fingerprint density at radius 2 is 1.33 bits per heavy atom. The largest absolute Gasteiger partial charge is 0.347 e. The molecule has 0 unspecified atom stereocenters. The Bertz CT molecular complexity index is 622. The fourth-order valence-electron chi connectivity index (χ4n) is 3.28. The first-order valence-corrected chi connectivity index (χ1v) is 8.81. The predicted octanol–water partition coefficient (Wildman–Crippen LogP) is -0.714. The van der Waals surface area contributed by atoms with Crippen molar-refractivity contribution in [2.24, 2.45) is 0 Å². The monoisotopic (exact) mass is 325 g/mol. The van der Waals surface area contributed by atoms with E-state index in [-0.39, 0.29) is 5.91 Å². The fourth-order valence-corrected chi connectivity index (χ4v) is 3.28. The molecule has 0 aromatic heterocycles. The highest BCUT2D eigenvalue weighted by atomic mass is 16.2. The summed E-state index contributed by atoms with van der Waals surface area (Å²) in [7, 11) is 0. The van der Waals surface area contributed by atoms with Crippen LogP contribution in [0.5, 0.6) is 0 Å². The molecule has 0 atom stereocenters. The third-order valence-electron chi connectivity index (χ3n) is 4.70. The number of piperazine rings is 1. The number of hydrogen-bond donors (Lipinski definition) is 3. The molecular weight excluding hydrogens is 298 g/mol. The van der Waals surface area contributed by atoms with Gasteiger partial charge in [0.05, 0.1) is 0 Å². The van der Waals surface area contributed by atoms with E-state index in [1.807, 2.05) is 30.3 Å². The van der Waals surface area contributed by atoms with Gasteiger partial charge in [-0.15, -0.1) is 0 Å².